The molecule has 22 heavy (non-hydrogen) atoms. The molecule has 116 valence electrons. The second-order valence-corrected chi connectivity index (χ2v) is 7.82. The molecular formula is C18H18Br2O2. The minimum atomic E-state index is -0.753. The van der Waals surface area contributed by atoms with E-state index in [9.17, 15) is 9.90 Å². The van der Waals surface area contributed by atoms with E-state index in [1.165, 1.54) is 0 Å². The average molecular weight is 426 g/mol. The molecule has 0 amide bonds. The molecule has 0 spiro atoms. The Morgan fingerprint density at radius 3 is 1.59 bits per heavy atom. The summed E-state index contributed by atoms with van der Waals surface area (Å²) < 4.78 is 2.06. The molecule has 0 aromatic heterocycles. The summed E-state index contributed by atoms with van der Waals surface area (Å²) in [5, 5.41) is 9.28. The summed E-state index contributed by atoms with van der Waals surface area (Å²) in [7, 11) is 0. The average Bonchev–Trinajstić information content (AvgIpc) is 2.43. The Balaban J connectivity index is 2.20. The summed E-state index contributed by atoms with van der Waals surface area (Å²) in [6.07, 6.45) is 1.63. The highest BCUT2D eigenvalue weighted by Gasteiger charge is 2.28. The van der Waals surface area contributed by atoms with Crippen molar-refractivity contribution in [1.82, 2.24) is 0 Å². The maximum atomic E-state index is 11.3. The number of rotatable bonds is 6. The number of halogens is 2. The zero-order valence-corrected chi connectivity index (χ0v) is 15.5. The monoisotopic (exact) mass is 424 g/mol. The zero-order valence-electron chi connectivity index (χ0n) is 12.4. The summed E-state index contributed by atoms with van der Waals surface area (Å²) >= 11 is 6.85. The Morgan fingerprint density at radius 1 is 0.909 bits per heavy atom. The van der Waals surface area contributed by atoms with Crippen LogP contribution in [0.3, 0.4) is 0 Å². The smallest absolute Gasteiger partial charge is 0.303 e. The van der Waals surface area contributed by atoms with Crippen LogP contribution in [0.5, 0.6) is 0 Å². The van der Waals surface area contributed by atoms with Gasteiger partial charge in [-0.1, -0.05) is 63.0 Å². The van der Waals surface area contributed by atoms with Crippen molar-refractivity contribution in [2.75, 3.05) is 0 Å². The quantitative estimate of drug-likeness (QED) is 0.665. The second-order valence-electron chi connectivity index (χ2n) is 5.99. The molecule has 2 aromatic rings. The van der Waals surface area contributed by atoms with Gasteiger partial charge >= 0.3 is 5.97 Å². The van der Waals surface area contributed by atoms with Crippen molar-refractivity contribution < 1.29 is 9.90 Å². The first-order valence-electron chi connectivity index (χ1n) is 7.07. The summed E-state index contributed by atoms with van der Waals surface area (Å²) in [5.74, 6) is -0.753. The van der Waals surface area contributed by atoms with Crippen LogP contribution in [-0.4, -0.2) is 11.1 Å². The second kappa shape index (κ2) is 7.42. The molecule has 0 saturated heterocycles. The lowest BCUT2D eigenvalue weighted by molar-refractivity contribution is -0.139. The lowest BCUT2D eigenvalue weighted by Gasteiger charge is -2.28. The maximum Gasteiger partial charge on any atom is 0.303 e. The Labute approximate surface area is 147 Å². The van der Waals surface area contributed by atoms with Crippen LogP contribution in [0, 0.1) is 5.41 Å². The molecule has 0 aliphatic carbocycles. The van der Waals surface area contributed by atoms with Crippen LogP contribution in [0.15, 0.2) is 57.5 Å². The Hall–Kier alpha value is -1.13. The Bertz CT molecular complexity index is 586. The van der Waals surface area contributed by atoms with Crippen molar-refractivity contribution in [1.29, 1.82) is 0 Å². The van der Waals surface area contributed by atoms with Crippen molar-refractivity contribution in [2.24, 2.45) is 5.41 Å². The van der Waals surface area contributed by atoms with Gasteiger partial charge in [-0.25, -0.2) is 0 Å². The molecule has 2 nitrogen and oxygen atoms in total. The first-order valence-corrected chi connectivity index (χ1v) is 8.66. The Kier molecular flexibility index (Phi) is 5.81. The largest absolute Gasteiger partial charge is 0.481 e. The van der Waals surface area contributed by atoms with Crippen LogP contribution in [0.4, 0.5) is 0 Å². The van der Waals surface area contributed by atoms with Crippen molar-refractivity contribution in [3.05, 3.63) is 68.6 Å². The number of carbonyl (C=O) groups is 1. The van der Waals surface area contributed by atoms with Crippen LogP contribution >= 0.6 is 31.9 Å². The molecule has 0 aliphatic rings. The van der Waals surface area contributed by atoms with Gasteiger partial charge in [0.05, 0.1) is 6.42 Å². The van der Waals surface area contributed by atoms with Crippen molar-refractivity contribution in [3.8, 4) is 0 Å². The minimum Gasteiger partial charge on any atom is -0.481 e. The fourth-order valence-corrected chi connectivity index (χ4v) is 3.27. The lowest BCUT2D eigenvalue weighted by Crippen LogP contribution is -2.26. The van der Waals surface area contributed by atoms with Gasteiger partial charge in [-0.3, -0.25) is 4.79 Å². The number of hydrogen-bond acceptors (Lipinski definition) is 1. The SMILES string of the molecule is CC(CC(=O)O)(Cc1ccc(Br)cc1)Cc1ccc(Br)cc1. The normalized spacial score (nSPS) is 11.4. The van der Waals surface area contributed by atoms with Gasteiger partial charge in [0.15, 0.2) is 0 Å². The zero-order chi connectivity index (χ0) is 16.2. The fourth-order valence-electron chi connectivity index (χ4n) is 2.74. The summed E-state index contributed by atoms with van der Waals surface area (Å²) in [4.78, 5) is 11.3. The van der Waals surface area contributed by atoms with Gasteiger partial charge < -0.3 is 5.11 Å². The highest BCUT2D eigenvalue weighted by Crippen LogP contribution is 2.32. The summed E-state index contributed by atoms with van der Waals surface area (Å²) in [6, 6.07) is 16.2. The Morgan fingerprint density at radius 2 is 1.27 bits per heavy atom. The van der Waals surface area contributed by atoms with E-state index in [1.807, 2.05) is 55.5 Å². The number of carboxylic acid groups (broad SMARTS) is 1. The summed E-state index contributed by atoms with van der Waals surface area (Å²) in [6.45, 7) is 2.05. The fraction of sp³-hybridized carbons (Fsp3) is 0.278. The molecule has 0 unspecified atom stereocenters. The van der Waals surface area contributed by atoms with Crippen LogP contribution in [0.25, 0.3) is 0 Å². The van der Waals surface area contributed by atoms with Crippen LogP contribution in [0.2, 0.25) is 0 Å². The standard InChI is InChI=1S/C18H18Br2O2/c1-18(12-17(21)22,10-13-2-6-15(19)7-3-13)11-14-4-8-16(20)9-5-14/h2-9H,10-12H2,1H3,(H,21,22). The molecule has 2 rings (SSSR count). The summed E-state index contributed by atoms with van der Waals surface area (Å²) in [5.41, 5.74) is 2.00. The van der Waals surface area contributed by atoms with E-state index in [0.717, 1.165) is 32.9 Å². The molecule has 0 fully saturated rings. The molecule has 0 heterocycles. The molecule has 0 aliphatic heterocycles. The lowest BCUT2D eigenvalue weighted by atomic mass is 9.76. The van der Waals surface area contributed by atoms with Gasteiger partial charge in [0.2, 0.25) is 0 Å². The van der Waals surface area contributed by atoms with Gasteiger partial charge in [-0.05, 0) is 53.6 Å². The van der Waals surface area contributed by atoms with Crippen molar-refractivity contribution >= 4 is 37.8 Å². The topological polar surface area (TPSA) is 37.3 Å². The van der Waals surface area contributed by atoms with Gasteiger partial charge in [0, 0.05) is 8.95 Å². The molecule has 0 atom stereocenters. The van der Waals surface area contributed by atoms with Gasteiger partial charge in [-0.2, -0.15) is 0 Å². The van der Waals surface area contributed by atoms with E-state index in [2.05, 4.69) is 31.9 Å². The minimum absolute atomic E-state index is 0.152. The van der Waals surface area contributed by atoms with E-state index < -0.39 is 5.97 Å². The predicted molar refractivity (Wildman–Crippen MR) is 96.1 cm³/mol. The van der Waals surface area contributed by atoms with E-state index >= 15 is 0 Å². The highest BCUT2D eigenvalue weighted by atomic mass is 79.9. The first-order chi connectivity index (χ1) is 10.4. The third-order valence-corrected chi connectivity index (χ3v) is 4.72. The van der Waals surface area contributed by atoms with E-state index in [-0.39, 0.29) is 11.8 Å². The third kappa shape index (κ3) is 5.25. The molecule has 0 bridgehead atoms. The van der Waals surface area contributed by atoms with Gasteiger partial charge in [0.25, 0.3) is 0 Å². The van der Waals surface area contributed by atoms with E-state index in [1.54, 1.807) is 0 Å². The molecule has 0 radical (unpaired) electrons. The van der Waals surface area contributed by atoms with Gasteiger partial charge in [0.1, 0.15) is 0 Å². The van der Waals surface area contributed by atoms with Crippen LogP contribution < -0.4 is 0 Å². The van der Waals surface area contributed by atoms with Crippen molar-refractivity contribution in [3.63, 3.8) is 0 Å². The van der Waals surface area contributed by atoms with E-state index in [4.69, 9.17) is 0 Å². The first kappa shape index (κ1) is 17.2. The van der Waals surface area contributed by atoms with Crippen LogP contribution in [0.1, 0.15) is 24.5 Å². The van der Waals surface area contributed by atoms with Gasteiger partial charge in [-0.15, -0.1) is 0 Å². The number of benzene rings is 2. The maximum absolute atomic E-state index is 11.3. The number of hydrogen-bond donors (Lipinski definition) is 1. The molecule has 2 aromatic carbocycles. The number of carboxylic acids is 1. The van der Waals surface area contributed by atoms with E-state index in [0.29, 0.717) is 0 Å². The number of aliphatic carboxylic acids is 1. The predicted octanol–water partition coefficient (Wildman–Crippen LogP) is 5.48. The molecule has 4 heteroatoms. The molecular weight excluding hydrogens is 408 g/mol. The highest BCUT2D eigenvalue weighted by molar-refractivity contribution is 9.10. The third-order valence-electron chi connectivity index (χ3n) is 3.67. The molecule has 0 saturated carbocycles. The van der Waals surface area contributed by atoms with Crippen molar-refractivity contribution in [2.45, 2.75) is 26.2 Å². The molecule has 1 N–H and O–H groups in total. The van der Waals surface area contributed by atoms with Crippen LogP contribution in [-0.2, 0) is 17.6 Å².